The smallest absolute Gasteiger partial charge is 0.253 e. The van der Waals surface area contributed by atoms with Crippen LogP contribution < -0.4 is 4.74 Å². The van der Waals surface area contributed by atoms with Crippen molar-refractivity contribution >= 4 is 5.91 Å². The van der Waals surface area contributed by atoms with Crippen molar-refractivity contribution in [3.8, 4) is 5.75 Å². The van der Waals surface area contributed by atoms with Gasteiger partial charge in [-0.3, -0.25) is 4.79 Å². The number of amides is 1. The second-order valence-electron chi connectivity index (χ2n) is 6.46. The van der Waals surface area contributed by atoms with Crippen LogP contribution in [0.3, 0.4) is 0 Å². The van der Waals surface area contributed by atoms with Gasteiger partial charge in [0.1, 0.15) is 5.75 Å². The second kappa shape index (κ2) is 10.3. The number of carbonyl (C=O) groups is 1. The van der Waals surface area contributed by atoms with Gasteiger partial charge in [0, 0.05) is 18.7 Å². The van der Waals surface area contributed by atoms with Crippen LogP contribution >= 0.6 is 0 Å². The molecule has 0 radical (unpaired) electrons. The first-order chi connectivity index (χ1) is 11.7. The maximum atomic E-state index is 12.3. The molecule has 0 aromatic heterocycles. The molecule has 4 heteroatoms. The molecule has 0 atom stereocenters. The third-order valence-corrected chi connectivity index (χ3v) is 4.78. The zero-order chi connectivity index (χ0) is 17.2. The standard InChI is InChI=1S/C20H32N2O2/c1-3-21(4-2)14-6-5-9-17-24-19-12-10-18(11-13-19)20(23)22-15-7-8-16-22/h10-13H,3-9,14-17H2,1-2H3. The molecule has 134 valence electrons. The van der Waals surface area contributed by atoms with Gasteiger partial charge in [0.15, 0.2) is 0 Å². The fourth-order valence-electron chi connectivity index (χ4n) is 3.14. The molecule has 1 saturated heterocycles. The predicted molar refractivity (Wildman–Crippen MR) is 98.7 cm³/mol. The van der Waals surface area contributed by atoms with Gasteiger partial charge >= 0.3 is 0 Å². The number of nitrogens with zero attached hydrogens (tertiary/aromatic N) is 2. The largest absolute Gasteiger partial charge is 0.494 e. The number of benzene rings is 1. The summed E-state index contributed by atoms with van der Waals surface area (Å²) >= 11 is 0. The molecule has 0 aliphatic carbocycles. The maximum absolute atomic E-state index is 12.3. The number of likely N-dealkylation sites (tertiary alicyclic amines) is 1. The quantitative estimate of drug-likeness (QED) is 0.611. The highest BCUT2D eigenvalue weighted by molar-refractivity contribution is 5.94. The molecule has 0 unspecified atom stereocenters. The van der Waals surface area contributed by atoms with Crippen LogP contribution in [-0.4, -0.2) is 55.0 Å². The van der Waals surface area contributed by atoms with Gasteiger partial charge in [0.05, 0.1) is 6.61 Å². The highest BCUT2D eigenvalue weighted by atomic mass is 16.5. The van der Waals surface area contributed by atoms with Crippen LogP contribution in [0.4, 0.5) is 0 Å². The molecule has 1 amide bonds. The molecule has 2 rings (SSSR count). The summed E-state index contributed by atoms with van der Waals surface area (Å²) in [4.78, 5) is 16.7. The number of hydrogen-bond acceptors (Lipinski definition) is 3. The molecule has 1 aromatic carbocycles. The van der Waals surface area contributed by atoms with E-state index >= 15 is 0 Å². The van der Waals surface area contributed by atoms with E-state index in [0.717, 1.165) is 63.4 Å². The van der Waals surface area contributed by atoms with Crippen molar-refractivity contribution in [3.63, 3.8) is 0 Å². The Labute approximate surface area is 146 Å². The average molecular weight is 332 g/mol. The zero-order valence-electron chi connectivity index (χ0n) is 15.3. The first-order valence-corrected chi connectivity index (χ1v) is 9.49. The Bertz CT molecular complexity index is 477. The molecule has 0 spiro atoms. The van der Waals surface area contributed by atoms with E-state index < -0.39 is 0 Å². The molecule has 1 aromatic rings. The molecule has 4 nitrogen and oxygen atoms in total. The van der Waals surface area contributed by atoms with Gasteiger partial charge in [-0.1, -0.05) is 13.8 Å². The molecule has 24 heavy (non-hydrogen) atoms. The van der Waals surface area contributed by atoms with E-state index in [1.54, 1.807) is 0 Å². The zero-order valence-corrected chi connectivity index (χ0v) is 15.3. The van der Waals surface area contributed by atoms with Crippen LogP contribution in [0.25, 0.3) is 0 Å². The SMILES string of the molecule is CCN(CC)CCCCCOc1ccc(C(=O)N2CCCC2)cc1. The van der Waals surface area contributed by atoms with E-state index in [9.17, 15) is 4.79 Å². The molecule has 0 saturated carbocycles. The molecule has 0 bridgehead atoms. The second-order valence-corrected chi connectivity index (χ2v) is 6.46. The summed E-state index contributed by atoms with van der Waals surface area (Å²) in [7, 11) is 0. The van der Waals surface area contributed by atoms with E-state index in [2.05, 4.69) is 18.7 Å². The third-order valence-electron chi connectivity index (χ3n) is 4.78. The van der Waals surface area contributed by atoms with Gasteiger partial charge in [-0.05, 0) is 76.0 Å². The van der Waals surface area contributed by atoms with Crippen molar-refractivity contribution < 1.29 is 9.53 Å². The molecular formula is C20H32N2O2. The van der Waals surface area contributed by atoms with Gasteiger partial charge < -0.3 is 14.5 Å². The van der Waals surface area contributed by atoms with Gasteiger partial charge in [-0.15, -0.1) is 0 Å². The Morgan fingerprint density at radius 3 is 2.33 bits per heavy atom. The predicted octanol–water partition coefficient (Wildman–Crippen LogP) is 3.81. The number of unbranched alkanes of at least 4 members (excludes halogenated alkanes) is 2. The molecule has 1 fully saturated rings. The molecule has 1 heterocycles. The van der Waals surface area contributed by atoms with E-state index in [4.69, 9.17) is 4.74 Å². The van der Waals surface area contributed by atoms with E-state index in [1.165, 1.54) is 19.4 Å². The monoisotopic (exact) mass is 332 g/mol. The normalized spacial score (nSPS) is 14.4. The highest BCUT2D eigenvalue weighted by Gasteiger charge is 2.19. The van der Waals surface area contributed by atoms with Gasteiger partial charge in [0.25, 0.3) is 5.91 Å². The summed E-state index contributed by atoms with van der Waals surface area (Å²) in [5.41, 5.74) is 0.767. The molecule has 0 N–H and O–H groups in total. The summed E-state index contributed by atoms with van der Waals surface area (Å²) in [5, 5.41) is 0. The van der Waals surface area contributed by atoms with Crippen LogP contribution in [-0.2, 0) is 0 Å². The third kappa shape index (κ3) is 5.82. The summed E-state index contributed by atoms with van der Waals surface area (Å²) in [6.45, 7) is 10.4. The number of carbonyl (C=O) groups excluding carboxylic acids is 1. The lowest BCUT2D eigenvalue weighted by molar-refractivity contribution is 0.0793. The number of rotatable bonds is 10. The minimum Gasteiger partial charge on any atom is -0.494 e. The Kier molecular flexibility index (Phi) is 8.10. The first kappa shape index (κ1) is 18.8. The van der Waals surface area contributed by atoms with Crippen LogP contribution in [0.1, 0.15) is 56.3 Å². The topological polar surface area (TPSA) is 32.8 Å². The Morgan fingerprint density at radius 1 is 1.04 bits per heavy atom. The number of hydrogen-bond donors (Lipinski definition) is 0. The van der Waals surface area contributed by atoms with Crippen molar-refractivity contribution in [2.24, 2.45) is 0 Å². The van der Waals surface area contributed by atoms with Crippen molar-refractivity contribution in [1.82, 2.24) is 9.80 Å². The Morgan fingerprint density at radius 2 is 1.71 bits per heavy atom. The molecule has 1 aliphatic rings. The van der Waals surface area contributed by atoms with Crippen LogP contribution in [0.15, 0.2) is 24.3 Å². The fourth-order valence-corrected chi connectivity index (χ4v) is 3.14. The van der Waals surface area contributed by atoms with Gasteiger partial charge in [-0.2, -0.15) is 0 Å². The Hall–Kier alpha value is -1.55. The summed E-state index contributed by atoms with van der Waals surface area (Å²) < 4.78 is 5.79. The van der Waals surface area contributed by atoms with Crippen molar-refractivity contribution in [2.45, 2.75) is 46.0 Å². The van der Waals surface area contributed by atoms with E-state index in [0.29, 0.717) is 0 Å². The first-order valence-electron chi connectivity index (χ1n) is 9.49. The minimum absolute atomic E-state index is 0.149. The van der Waals surface area contributed by atoms with E-state index in [1.807, 2.05) is 29.2 Å². The lowest BCUT2D eigenvalue weighted by Crippen LogP contribution is -2.27. The van der Waals surface area contributed by atoms with Gasteiger partial charge in [0.2, 0.25) is 0 Å². The summed E-state index contributed by atoms with van der Waals surface area (Å²) in [5.74, 6) is 1.01. The van der Waals surface area contributed by atoms with Crippen molar-refractivity contribution in [2.75, 3.05) is 39.3 Å². The number of ether oxygens (including phenoxy) is 1. The van der Waals surface area contributed by atoms with Crippen LogP contribution in [0.5, 0.6) is 5.75 Å². The molecular weight excluding hydrogens is 300 g/mol. The van der Waals surface area contributed by atoms with Gasteiger partial charge in [-0.25, -0.2) is 0 Å². The van der Waals surface area contributed by atoms with Crippen LogP contribution in [0, 0.1) is 0 Å². The van der Waals surface area contributed by atoms with Crippen molar-refractivity contribution in [3.05, 3.63) is 29.8 Å². The lowest BCUT2D eigenvalue weighted by Gasteiger charge is -2.17. The van der Waals surface area contributed by atoms with Crippen molar-refractivity contribution in [1.29, 1.82) is 0 Å². The highest BCUT2D eigenvalue weighted by Crippen LogP contribution is 2.17. The molecule has 1 aliphatic heterocycles. The lowest BCUT2D eigenvalue weighted by atomic mass is 10.2. The average Bonchev–Trinajstić information content (AvgIpc) is 3.16. The minimum atomic E-state index is 0.149. The van der Waals surface area contributed by atoms with Crippen LogP contribution in [0.2, 0.25) is 0 Å². The maximum Gasteiger partial charge on any atom is 0.253 e. The fraction of sp³-hybridized carbons (Fsp3) is 0.650. The summed E-state index contributed by atoms with van der Waals surface area (Å²) in [6.07, 6.45) is 5.76. The van der Waals surface area contributed by atoms with E-state index in [-0.39, 0.29) is 5.91 Å². The summed E-state index contributed by atoms with van der Waals surface area (Å²) in [6, 6.07) is 7.60. The Balaban J connectivity index is 1.64.